The number of aromatic nitrogens is 1. The summed E-state index contributed by atoms with van der Waals surface area (Å²) in [6, 6.07) is 15.0. The molecule has 2 atom stereocenters. The highest BCUT2D eigenvalue weighted by atomic mass is 127. The molecular weight excluding hydrogens is 479 g/mol. The Morgan fingerprint density at radius 3 is 2.62 bits per heavy atom. The van der Waals surface area contributed by atoms with Crippen LogP contribution in [-0.4, -0.2) is 53.4 Å². The molecule has 7 heteroatoms. The number of nitrogens with one attached hydrogen (secondary N) is 1. The molecule has 3 heterocycles. The molecule has 0 aliphatic carbocycles. The summed E-state index contributed by atoms with van der Waals surface area (Å²) >= 11 is 2.19. The Bertz CT molecular complexity index is 1170. The summed E-state index contributed by atoms with van der Waals surface area (Å²) in [5.74, 6) is -0.165. The van der Waals surface area contributed by atoms with Crippen LogP contribution < -0.4 is 10.5 Å². The van der Waals surface area contributed by atoms with Crippen LogP contribution in [0.1, 0.15) is 12.0 Å². The maximum atomic E-state index is 12.1. The van der Waals surface area contributed by atoms with Crippen molar-refractivity contribution in [3.8, 4) is 5.88 Å². The van der Waals surface area contributed by atoms with E-state index in [1.54, 1.807) is 12.3 Å². The Labute approximate surface area is 182 Å². The number of rotatable bonds is 3. The summed E-state index contributed by atoms with van der Waals surface area (Å²) in [5.41, 5.74) is 2.25. The third kappa shape index (κ3) is 3.32. The maximum Gasteiger partial charge on any atom is 0.258 e. The predicted molar refractivity (Wildman–Crippen MR) is 125 cm³/mol. The predicted octanol–water partition coefficient (Wildman–Crippen LogP) is 3.48. The van der Waals surface area contributed by atoms with Crippen molar-refractivity contribution >= 4 is 51.0 Å². The third-order valence-corrected chi connectivity index (χ3v) is 6.71. The lowest BCUT2D eigenvalue weighted by Gasteiger charge is -2.33. The van der Waals surface area contributed by atoms with Crippen LogP contribution in [-0.2, 0) is 0 Å². The average molecular weight is 500 g/mol. The maximum absolute atomic E-state index is 12.1. The second-order valence-electron chi connectivity index (χ2n) is 7.82. The van der Waals surface area contributed by atoms with Gasteiger partial charge in [-0.25, -0.2) is 0 Å². The van der Waals surface area contributed by atoms with E-state index in [1.807, 2.05) is 24.3 Å². The molecule has 2 N–H and O–H groups in total. The van der Waals surface area contributed by atoms with E-state index >= 15 is 0 Å². The van der Waals surface area contributed by atoms with Crippen molar-refractivity contribution in [2.45, 2.75) is 18.5 Å². The number of H-pyrrole nitrogens is 1. The highest BCUT2D eigenvalue weighted by Crippen LogP contribution is 2.34. The summed E-state index contributed by atoms with van der Waals surface area (Å²) in [6.07, 6.45) is 2.86. The quantitative estimate of drug-likeness (QED) is 0.427. The molecule has 2 bridgehead atoms. The zero-order valence-corrected chi connectivity index (χ0v) is 18.1. The second kappa shape index (κ2) is 7.14. The van der Waals surface area contributed by atoms with E-state index in [9.17, 15) is 9.90 Å². The second-order valence-corrected chi connectivity index (χ2v) is 9.06. The molecule has 2 saturated heterocycles. The van der Waals surface area contributed by atoms with E-state index in [4.69, 9.17) is 0 Å². The molecule has 5 rings (SSSR count). The van der Waals surface area contributed by atoms with Gasteiger partial charge >= 0.3 is 0 Å². The zero-order chi connectivity index (χ0) is 20.1. The van der Waals surface area contributed by atoms with E-state index in [0.717, 1.165) is 22.3 Å². The van der Waals surface area contributed by atoms with Crippen molar-refractivity contribution in [2.24, 2.45) is 4.99 Å². The van der Waals surface area contributed by atoms with Crippen LogP contribution >= 0.6 is 22.6 Å². The van der Waals surface area contributed by atoms with Crippen LogP contribution in [0.15, 0.2) is 52.3 Å². The molecule has 2 aliphatic heterocycles. The Hall–Kier alpha value is -2.39. The van der Waals surface area contributed by atoms with Crippen molar-refractivity contribution in [3.63, 3.8) is 0 Å². The monoisotopic (exact) mass is 500 g/mol. The van der Waals surface area contributed by atoms with E-state index in [0.29, 0.717) is 28.4 Å². The Balaban J connectivity index is 1.43. The molecule has 0 radical (unpaired) electrons. The van der Waals surface area contributed by atoms with Gasteiger partial charge in [0.1, 0.15) is 0 Å². The number of fused-ring (bicyclic) bond motifs is 3. The van der Waals surface area contributed by atoms with Crippen LogP contribution in [0.5, 0.6) is 5.88 Å². The SMILES string of the molecule is CN1C[C@@H]2C[C@H]1CN2c1ccc(N=Cc2c(O)[nH]c(=O)c3ccc(I)cc23)cc1. The first kappa shape index (κ1) is 18.6. The van der Waals surface area contributed by atoms with E-state index in [1.165, 1.54) is 12.1 Å². The van der Waals surface area contributed by atoms with Crippen molar-refractivity contribution in [3.05, 3.63) is 62.0 Å². The number of likely N-dealkylation sites (tertiary alicyclic amines) is 1. The third-order valence-electron chi connectivity index (χ3n) is 6.04. The molecule has 0 saturated carbocycles. The van der Waals surface area contributed by atoms with Gasteiger partial charge in [0.25, 0.3) is 5.56 Å². The number of nitrogens with zero attached hydrogens (tertiary/aromatic N) is 3. The van der Waals surface area contributed by atoms with Gasteiger partial charge in [-0.05, 0) is 78.5 Å². The van der Waals surface area contributed by atoms with Gasteiger partial charge in [-0.15, -0.1) is 0 Å². The van der Waals surface area contributed by atoms with Crippen molar-refractivity contribution in [1.29, 1.82) is 0 Å². The van der Waals surface area contributed by atoms with E-state index in [-0.39, 0.29) is 11.4 Å². The standard InChI is InChI=1S/C22H21IN4O2/c1-26-11-17-9-16(26)12-27(17)15-5-3-14(4-6-15)24-10-20-19-8-13(23)2-7-18(19)21(28)25-22(20)29/h2-8,10,16-17H,9,11-12H2,1H3,(H2,25,28,29)/t16-,17-/m0/s1. The van der Waals surface area contributed by atoms with E-state index in [2.05, 4.69) is 61.5 Å². The summed E-state index contributed by atoms with van der Waals surface area (Å²) in [4.78, 5) is 24.1. The van der Waals surface area contributed by atoms with Gasteiger partial charge in [-0.2, -0.15) is 0 Å². The van der Waals surface area contributed by atoms with E-state index < -0.39 is 0 Å². The zero-order valence-electron chi connectivity index (χ0n) is 16.0. The lowest BCUT2D eigenvalue weighted by atomic mass is 10.1. The lowest BCUT2D eigenvalue weighted by Crippen LogP contribution is -2.44. The minimum Gasteiger partial charge on any atom is -0.494 e. The number of pyridine rings is 1. The van der Waals surface area contributed by atoms with Gasteiger partial charge in [0.2, 0.25) is 5.88 Å². The molecule has 3 aromatic rings. The molecule has 0 unspecified atom stereocenters. The number of hydrogen-bond acceptors (Lipinski definition) is 5. The van der Waals surface area contributed by atoms with Gasteiger partial charge < -0.3 is 10.0 Å². The van der Waals surface area contributed by atoms with Crippen LogP contribution in [0, 0.1) is 3.57 Å². The number of aliphatic imine (C=N–C) groups is 1. The summed E-state index contributed by atoms with van der Waals surface area (Å²) in [6.45, 7) is 2.21. The summed E-state index contributed by atoms with van der Waals surface area (Å²) in [7, 11) is 2.21. The molecule has 148 valence electrons. The molecule has 29 heavy (non-hydrogen) atoms. The fourth-order valence-electron chi connectivity index (χ4n) is 4.49. The van der Waals surface area contributed by atoms with Gasteiger partial charge in [-0.1, -0.05) is 0 Å². The Morgan fingerprint density at radius 2 is 1.93 bits per heavy atom. The molecule has 6 nitrogen and oxygen atoms in total. The fraction of sp³-hybridized carbons (Fsp3) is 0.273. The Kier molecular flexibility index (Phi) is 4.59. The van der Waals surface area contributed by atoms with Crippen LogP contribution in [0.2, 0.25) is 0 Å². The van der Waals surface area contributed by atoms with Crippen molar-refractivity contribution < 1.29 is 5.11 Å². The first-order valence-corrected chi connectivity index (χ1v) is 10.7. The minimum atomic E-state index is -0.305. The molecule has 0 amide bonds. The lowest BCUT2D eigenvalue weighted by molar-refractivity contribution is 0.292. The number of hydrogen-bond donors (Lipinski definition) is 2. The number of aromatic amines is 1. The molecular formula is C22H21IN4O2. The molecule has 2 fully saturated rings. The largest absolute Gasteiger partial charge is 0.494 e. The molecule has 2 aliphatic rings. The topological polar surface area (TPSA) is 71.9 Å². The Morgan fingerprint density at radius 1 is 1.14 bits per heavy atom. The number of benzene rings is 2. The van der Waals surface area contributed by atoms with Crippen LogP contribution in [0.3, 0.4) is 0 Å². The first-order valence-electron chi connectivity index (χ1n) is 9.65. The highest BCUT2D eigenvalue weighted by molar-refractivity contribution is 14.1. The minimum absolute atomic E-state index is 0.165. The number of piperazine rings is 1. The normalized spacial score (nSPS) is 21.7. The number of aromatic hydroxyl groups is 1. The summed E-state index contributed by atoms with van der Waals surface area (Å²) < 4.78 is 0.990. The molecule has 2 aromatic carbocycles. The molecule has 0 spiro atoms. The van der Waals surface area contributed by atoms with Crippen LogP contribution in [0.4, 0.5) is 11.4 Å². The van der Waals surface area contributed by atoms with Gasteiger partial charge in [0, 0.05) is 51.4 Å². The van der Waals surface area contributed by atoms with Crippen molar-refractivity contribution in [2.75, 3.05) is 25.0 Å². The average Bonchev–Trinajstić information content (AvgIpc) is 3.27. The number of halogens is 1. The van der Waals surface area contributed by atoms with Gasteiger partial charge in [0.05, 0.1) is 11.3 Å². The number of likely N-dealkylation sites (N-methyl/N-ethyl adjacent to an activating group) is 1. The summed E-state index contributed by atoms with van der Waals surface area (Å²) in [5, 5.41) is 11.5. The molecule has 1 aromatic heterocycles. The smallest absolute Gasteiger partial charge is 0.258 e. The van der Waals surface area contributed by atoms with Crippen molar-refractivity contribution in [1.82, 2.24) is 9.88 Å². The highest BCUT2D eigenvalue weighted by Gasteiger charge is 2.41. The van der Waals surface area contributed by atoms with Gasteiger partial charge in [0.15, 0.2) is 0 Å². The fourth-order valence-corrected chi connectivity index (χ4v) is 4.98. The van der Waals surface area contributed by atoms with Crippen LogP contribution in [0.25, 0.3) is 10.8 Å². The number of anilines is 1. The first-order chi connectivity index (χ1) is 14.0. The van der Waals surface area contributed by atoms with Gasteiger partial charge in [-0.3, -0.25) is 19.7 Å².